The Morgan fingerprint density at radius 3 is 2.67 bits per heavy atom. The zero-order chi connectivity index (χ0) is 9.56. The van der Waals surface area contributed by atoms with Gasteiger partial charge in [0.05, 0.1) is 12.0 Å². The lowest BCUT2D eigenvalue weighted by molar-refractivity contribution is -0.141. The van der Waals surface area contributed by atoms with Crippen molar-refractivity contribution in [1.29, 1.82) is 0 Å². The minimum absolute atomic E-state index is 0.419. The maximum absolute atomic E-state index is 10.5. The number of carbonyl (C=O) groups is 1. The van der Waals surface area contributed by atoms with Gasteiger partial charge in [0.15, 0.2) is 0 Å². The van der Waals surface area contributed by atoms with E-state index in [1.54, 1.807) is 6.92 Å². The van der Waals surface area contributed by atoms with Crippen LogP contribution in [-0.4, -0.2) is 17.1 Å². The molecule has 0 fully saturated rings. The number of rotatable bonds is 5. The van der Waals surface area contributed by atoms with Crippen LogP contribution in [0, 0.1) is 5.92 Å². The quantitative estimate of drug-likeness (QED) is 0.390. The fourth-order valence-electron chi connectivity index (χ4n) is 0.934. The standard InChI is InChI=1S/C7H13N3O2/c1-3-4-6(9-10-8)5(2)7(11)12/h5-6H,3-4H2,1-2H3,(H,11,12)/t5-,6-/m1/s1. The monoisotopic (exact) mass is 171 g/mol. The summed E-state index contributed by atoms with van der Waals surface area (Å²) in [4.78, 5) is 13.1. The van der Waals surface area contributed by atoms with Crippen molar-refractivity contribution in [2.45, 2.75) is 32.7 Å². The van der Waals surface area contributed by atoms with Crippen molar-refractivity contribution in [3.8, 4) is 0 Å². The Morgan fingerprint density at radius 1 is 1.75 bits per heavy atom. The van der Waals surface area contributed by atoms with E-state index >= 15 is 0 Å². The number of nitrogens with zero attached hydrogens (tertiary/aromatic N) is 3. The van der Waals surface area contributed by atoms with Crippen molar-refractivity contribution in [1.82, 2.24) is 0 Å². The van der Waals surface area contributed by atoms with Crippen LogP contribution in [0.15, 0.2) is 5.11 Å². The van der Waals surface area contributed by atoms with Gasteiger partial charge in [0.2, 0.25) is 0 Å². The molecule has 0 amide bonds. The van der Waals surface area contributed by atoms with Crippen LogP contribution in [0.2, 0.25) is 0 Å². The predicted octanol–water partition coefficient (Wildman–Crippen LogP) is 2.19. The van der Waals surface area contributed by atoms with Gasteiger partial charge in [0, 0.05) is 4.91 Å². The molecular formula is C7H13N3O2. The molecule has 0 saturated carbocycles. The van der Waals surface area contributed by atoms with E-state index in [0.29, 0.717) is 6.42 Å². The molecule has 1 N–H and O–H groups in total. The SMILES string of the molecule is CCC[C@@H](N=[N+]=[N-])[C@@H](C)C(=O)O. The van der Waals surface area contributed by atoms with Crippen molar-refractivity contribution >= 4 is 5.97 Å². The molecule has 0 bridgehead atoms. The van der Waals surface area contributed by atoms with Gasteiger partial charge in [-0.15, -0.1) is 0 Å². The summed E-state index contributed by atoms with van der Waals surface area (Å²) in [5.74, 6) is -1.51. The Bertz CT molecular complexity index is 199. The first kappa shape index (κ1) is 10.8. The molecule has 2 atom stereocenters. The van der Waals surface area contributed by atoms with E-state index in [0.717, 1.165) is 6.42 Å². The van der Waals surface area contributed by atoms with Crippen LogP contribution in [0.3, 0.4) is 0 Å². The molecule has 0 aliphatic rings. The highest BCUT2D eigenvalue weighted by Gasteiger charge is 2.21. The van der Waals surface area contributed by atoms with Gasteiger partial charge in [0.25, 0.3) is 0 Å². The van der Waals surface area contributed by atoms with Crippen molar-refractivity contribution in [2.75, 3.05) is 0 Å². The largest absolute Gasteiger partial charge is 0.481 e. The lowest BCUT2D eigenvalue weighted by Gasteiger charge is -2.13. The lowest BCUT2D eigenvalue weighted by atomic mass is 9.99. The van der Waals surface area contributed by atoms with Gasteiger partial charge in [-0.1, -0.05) is 25.4 Å². The van der Waals surface area contributed by atoms with Crippen LogP contribution in [0.5, 0.6) is 0 Å². The number of carboxylic acids is 1. The molecule has 5 heteroatoms. The third kappa shape index (κ3) is 3.25. The van der Waals surface area contributed by atoms with Crippen molar-refractivity contribution in [2.24, 2.45) is 11.0 Å². The molecule has 0 spiro atoms. The van der Waals surface area contributed by atoms with Crippen LogP contribution in [0.1, 0.15) is 26.7 Å². The van der Waals surface area contributed by atoms with Crippen LogP contribution < -0.4 is 0 Å². The molecule has 0 aliphatic carbocycles. The fourth-order valence-corrected chi connectivity index (χ4v) is 0.934. The first-order valence-electron chi connectivity index (χ1n) is 3.90. The van der Waals surface area contributed by atoms with Crippen LogP contribution in [-0.2, 0) is 4.79 Å². The fraction of sp³-hybridized carbons (Fsp3) is 0.857. The first-order chi connectivity index (χ1) is 5.63. The third-order valence-corrected chi connectivity index (χ3v) is 1.75. The van der Waals surface area contributed by atoms with Crippen LogP contribution >= 0.6 is 0 Å². The molecule has 0 aromatic rings. The van der Waals surface area contributed by atoms with E-state index in [9.17, 15) is 4.79 Å². The first-order valence-corrected chi connectivity index (χ1v) is 3.90. The normalized spacial score (nSPS) is 14.5. The van der Waals surface area contributed by atoms with Crippen molar-refractivity contribution in [3.05, 3.63) is 10.4 Å². The van der Waals surface area contributed by atoms with E-state index in [4.69, 9.17) is 10.6 Å². The molecule has 0 rings (SSSR count). The Hall–Kier alpha value is -1.22. The molecule has 0 aromatic heterocycles. The summed E-state index contributed by atoms with van der Waals surface area (Å²) in [5.41, 5.74) is 8.16. The number of azide groups is 1. The number of carboxylic acid groups (broad SMARTS) is 1. The molecule has 0 saturated heterocycles. The highest BCUT2D eigenvalue weighted by Crippen LogP contribution is 2.13. The van der Waals surface area contributed by atoms with Crippen molar-refractivity contribution in [3.63, 3.8) is 0 Å². The number of aliphatic carboxylic acids is 1. The van der Waals surface area contributed by atoms with E-state index in [2.05, 4.69) is 10.0 Å². The Morgan fingerprint density at radius 2 is 2.33 bits per heavy atom. The molecule has 0 aliphatic heterocycles. The minimum Gasteiger partial charge on any atom is -0.481 e. The van der Waals surface area contributed by atoms with Gasteiger partial charge in [-0.3, -0.25) is 4.79 Å². The van der Waals surface area contributed by atoms with Gasteiger partial charge in [-0.25, -0.2) is 0 Å². The zero-order valence-corrected chi connectivity index (χ0v) is 7.27. The average Bonchev–Trinajstić information content (AvgIpc) is 2.03. The van der Waals surface area contributed by atoms with Gasteiger partial charge in [0.1, 0.15) is 0 Å². The second kappa shape index (κ2) is 5.43. The van der Waals surface area contributed by atoms with Gasteiger partial charge >= 0.3 is 5.97 Å². The summed E-state index contributed by atoms with van der Waals surface area (Å²) < 4.78 is 0. The Labute approximate surface area is 71.0 Å². The summed E-state index contributed by atoms with van der Waals surface area (Å²) in [5, 5.41) is 12.1. The molecule has 12 heavy (non-hydrogen) atoms. The van der Waals surface area contributed by atoms with E-state index in [-0.39, 0.29) is 0 Å². The molecule has 0 heterocycles. The molecule has 0 aromatic carbocycles. The molecule has 0 radical (unpaired) electrons. The summed E-state index contributed by atoms with van der Waals surface area (Å²) >= 11 is 0. The second-order valence-corrected chi connectivity index (χ2v) is 2.69. The minimum atomic E-state index is -0.916. The zero-order valence-electron chi connectivity index (χ0n) is 7.27. The maximum Gasteiger partial charge on any atom is 0.306 e. The average molecular weight is 171 g/mol. The summed E-state index contributed by atoms with van der Waals surface area (Å²) in [7, 11) is 0. The molecule has 68 valence electrons. The topological polar surface area (TPSA) is 86.1 Å². The Kier molecular flexibility index (Phi) is 4.88. The van der Waals surface area contributed by atoms with Crippen molar-refractivity contribution < 1.29 is 9.90 Å². The molecular weight excluding hydrogens is 158 g/mol. The van der Waals surface area contributed by atoms with Gasteiger partial charge < -0.3 is 5.11 Å². The van der Waals surface area contributed by atoms with E-state index in [1.165, 1.54) is 0 Å². The Balaban J connectivity index is 4.27. The van der Waals surface area contributed by atoms with E-state index in [1.807, 2.05) is 6.92 Å². The maximum atomic E-state index is 10.5. The summed E-state index contributed by atoms with van der Waals surface area (Å²) in [6.45, 7) is 3.48. The number of hydrogen-bond donors (Lipinski definition) is 1. The molecule has 5 nitrogen and oxygen atoms in total. The van der Waals surface area contributed by atoms with Gasteiger partial charge in [-0.2, -0.15) is 0 Å². The highest BCUT2D eigenvalue weighted by atomic mass is 16.4. The lowest BCUT2D eigenvalue weighted by Crippen LogP contribution is -2.23. The van der Waals surface area contributed by atoms with Gasteiger partial charge in [-0.05, 0) is 12.0 Å². The van der Waals surface area contributed by atoms with E-state index < -0.39 is 17.9 Å². The van der Waals surface area contributed by atoms with Crippen LogP contribution in [0.4, 0.5) is 0 Å². The highest BCUT2D eigenvalue weighted by molar-refractivity contribution is 5.70. The molecule has 0 unspecified atom stereocenters. The van der Waals surface area contributed by atoms with Crippen LogP contribution in [0.25, 0.3) is 10.4 Å². The summed E-state index contributed by atoms with van der Waals surface area (Å²) in [6.07, 6.45) is 1.44. The second-order valence-electron chi connectivity index (χ2n) is 2.69. The predicted molar refractivity (Wildman–Crippen MR) is 44.6 cm³/mol. The number of hydrogen-bond acceptors (Lipinski definition) is 2. The summed E-state index contributed by atoms with van der Waals surface area (Å²) in [6, 6.07) is -0.419. The smallest absolute Gasteiger partial charge is 0.306 e. The third-order valence-electron chi connectivity index (χ3n) is 1.75.